The Bertz CT molecular complexity index is 817. The first-order valence-electron chi connectivity index (χ1n) is 7.98. The quantitative estimate of drug-likeness (QED) is 0.539. The second-order valence-corrected chi connectivity index (χ2v) is 7.51. The topological polar surface area (TPSA) is 29.1 Å². The standard InChI is InChI=1S/C21H18BrNOS/c22-19-10-6-16(7-11-19)14-25-15-21(24)23-20-12-8-18(9-13-20)17-4-2-1-3-5-17/h1-13H,14-15H2,(H,23,24). The van der Waals surface area contributed by atoms with Gasteiger partial charge in [0.1, 0.15) is 0 Å². The Balaban J connectivity index is 1.48. The fraction of sp³-hybridized carbons (Fsp3) is 0.0952. The Labute approximate surface area is 160 Å². The molecule has 0 saturated heterocycles. The third kappa shape index (κ3) is 5.48. The van der Waals surface area contributed by atoms with Crippen LogP contribution in [-0.2, 0) is 10.5 Å². The van der Waals surface area contributed by atoms with Gasteiger partial charge in [-0.05, 0) is 41.0 Å². The largest absolute Gasteiger partial charge is 0.325 e. The number of carbonyl (C=O) groups excluding carboxylic acids is 1. The van der Waals surface area contributed by atoms with Crippen molar-refractivity contribution >= 4 is 39.3 Å². The average Bonchev–Trinajstić information content (AvgIpc) is 2.65. The van der Waals surface area contributed by atoms with Crippen molar-refractivity contribution in [2.75, 3.05) is 11.1 Å². The van der Waals surface area contributed by atoms with E-state index in [0.29, 0.717) is 5.75 Å². The first-order chi connectivity index (χ1) is 12.2. The van der Waals surface area contributed by atoms with Crippen LogP contribution in [0.15, 0.2) is 83.3 Å². The number of hydrogen-bond acceptors (Lipinski definition) is 2. The van der Waals surface area contributed by atoms with Crippen LogP contribution >= 0.6 is 27.7 Å². The van der Waals surface area contributed by atoms with Gasteiger partial charge in [0.25, 0.3) is 0 Å². The molecular formula is C21H18BrNOS. The predicted molar refractivity (Wildman–Crippen MR) is 111 cm³/mol. The highest BCUT2D eigenvalue weighted by Gasteiger charge is 2.04. The summed E-state index contributed by atoms with van der Waals surface area (Å²) in [7, 11) is 0. The van der Waals surface area contributed by atoms with Gasteiger partial charge in [-0.3, -0.25) is 4.79 Å². The van der Waals surface area contributed by atoms with E-state index in [9.17, 15) is 4.79 Å². The molecule has 126 valence electrons. The highest BCUT2D eigenvalue weighted by molar-refractivity contribution is 9.10. The zero-order valence-electron chi connectivity index (χ0n) is 13.6. The Morgan fingerprint density at radius 2 is 1.48 bits per heavy atom. The molecule has 3 aromatic carbocycles. The summed E-state index contributed by atoms with van der Waals surface area (Å²) in [6, 6.07) is 26.3. The van der Waals surface area contributed by atoms with Gasteiger partial charge in [0.15, 0.2) is 0 Å². The van der Waals surface area contributed by atoms with Crippen LogP contribution in [0.3, 0.4) is 0 Å². The predicted octanol–water partition coefficient (Wildman–Crippen LogP) is 5.99. The number of thioether (sulfide) groups is 1. The SMILES string of the molecule is O=C(CSCc1ccc(Br)cc1)Nc1ccc(-c2ccccc2)cc1. The summed E-state index contributed by atoms with van der Waals surface area (Å²) in [5.74, 6) is 1.29. The highest BCUT2D eigenvalue weighted by Crippen LogP contribution is 2.21. The molecule has 3 rings (SSSR count). The van der Waals surface area contributed by atoms with E-state index in [0.717, 1.165) is 21.5 Å². The zero-order valence-corrected chi connectivity index (χ0v) is 16.0. The van der Waals surface area contributed by atoms with Crippen molar-refractivity contribution in [2.24, 2.45) is 0 Å². The Kier molecular flexibility index (Phi) is 6.31. The summed E-state index contributed by atoms with van der Waals surface area (Å²) in [6.07, 6.45) is 0. The maximum atomic E-state index is 12.1. The van der Waals surface area contributed by atoms with Crippen molar-refractivity contribution in [1.82, 2.24) is 0 Å². The number of amides is 1. The van der Waals surface area contributed by atoms with Gasteiger partial charge in [0.05, 0.1) is 5.75 Å². The van der Waals surface area contributed by atoms with Gasteiger partial charge in [-0.2, -0.15) is 0 Å². The summed E-state index contributed by atoms with van der Waals surface area (Å²) in [6.45, 7) is 0. The minimum absolute atomic E-state index is 0.0228. The third-order valence-corrected chi connectivity index (χ3v) is 5.22. The summed E-state index contributed by atoms with van der Waals surface area (Å²) >= 11 is 5.04. The number of anilines is 1. The Morgan fingerprint density at radius 1 is 0.840 bits per heavy atom. The molecule has 2 nitrogen and oxygen atoms in total. The number of carbonyl (C=O) groups is 1. The van der Waals surface area contributed by atoms with Crippen molar-refractivity contribution in [3.63, 3.8) is 0 Å². The van der Waals surface area contributed by atoms with Gasteiger partial charge < -0.3 is 5.32 Å². The van der Waals surface area contributed by atoms with Crippen LogP contribution < -0.4 is 5.32 Å². The number of halogens is 1. The van der Waals surface area contributed by atoms with Crippen LogP contribution in [0.2, 0.25) is 0 Å². The third-order valence-electron chi connectivity index (χ3n) is 3.69. The fourth-order valence-electron chi connectivity index (χ4n) is 2.42. The van der Waals surface area contributed by atoms with E-state index in [1.165, 1.54) is 11.1 Å². The molecule has 0 aliphatic rings. The van der Waals surface area contributed by atoms with Crippen LogP contribution in [0.5, 0.6) is 0 Å². The lowest BCUT2D eigenvalue weighted by Crippen LogP contribution is -2.14. The molecule has 3 aromatic rings. The zero-order chi connectivity index (χ0) is 17.5. The Hall–Kier alpha value is -2.04. The molecule has 0 radical (unpaired) electrons. The summed E-state index contributed by atoms with van der Waals surface area (Å²) in [4.78, 5) is 12.1. The van der Waals surface area contributed by atoms with Crippen LogP contribution in [-0.4, -0.2) is 11.7 Å². The first-order valence-corrected chi connectivity index (χ1v) is 9.93. The van der Waals surface area contributed by atoms with Crippen LogP contribution in [0.4, 0.5) is 5.69 Å². The average molecular weight is 412 g/mol. The van der Waals surface area contributed by atoms with Gasteiger partial charge in [-0.15, -0.1) is 11.8 Å². The maximum Gasteiger partial charge on any atom is 0.234 e. The summed E-state index contributed by atoms with van der Waals surface area (Å²) in [5, 5.41) is 2.95. The Morgan fingerprint density at radius 3 is 2.16 bits per heavy atom. The second-order valence-electron chi connectivity index (χ2n) is 5.61. The molecule has 0 unspecified atom stereocenters. The van der Waals surface area contributed by atoms with E-state index in [1.807, 2.05) is 54.6 Å². The normalized spacial score (nSPS) is 10.4. The van der Waals surface area contributed by atoms with Gasteiger partial charge in [-0.1, -0.05) is 70.5 Å². The van der Waals surface area contributed by atoms with E-state index < -0.39 is 0 Å². The van der Waals surface area contributed by atoms with Gasteiger partial charge >= 0.3 is 0 Å². The van der Waals surface area contributed by atoms with Crippen LogP contribution in [0.1, 0.15) is 5.56 Å². The van der Waals surface area contributed by atoms with Gasteiger partial charge in [-0.25, -0.2) is 0 Å². The first kappa shape index (κ1) is 17.8. The molecule has 1 amide bonds. The molecule has 0 atom stereocenters. The summed E-state index contributed by atoms with van der Waals surface area (Å²) in [5.41, 5.74) is 4.36. The van der Waals surface area contributed by atoms with Crippen molar-refractivity contribution in [1.29, 1.82) is 0 Å². The van der Waals surface area contributed by atoms with Gasteiger partial charge in [0, 0.05) is 15.9 Å². The van der Waals surface area contributed by atoms with E-state index in [2.05, 4.69) is 45.5 Å². The lowest BCUT2D eigenvalue weighted by atomic mass is 10.1. The van der Waals surface area contributed by atoms with E-state index in [-0.39, 0.29) is 5.91 Å². The fourth-order valence-corrected chi connectivity index (χ4v) is 3.47. The molecule has 0 bridgehead atoms. The number of hydrogen-bond donors (Lipinski definition) is 1. The molecule has 25 heavy (non-hydrogen) atoms. The smallest absolute Gasteiger partial charge is 0.234 e. The molecule has 0 spiro atoms. The molecule has 0 aliphatic carbocycles. The van der Waals surface area contributed by atoms with Crippen molar-refractivity contribution < 1.29 is 4.79 Å². The monoisotopic (exact) mass is 411 g/mol. The molecule has 4 heteroatoms. The van der Waals surface area contributed by atoms with Crippen LogP contribution in [0, 0.1) is 0 Å². The number of nitrogens with one attached hydrogen (secondary N) is 1. The molecule has 1 N–H and O–H groups in total. The molecule has 0 heterocycles. The number of benzene rings is 3. The van der Waals surface area contributed by atoms with Gasteiger partial charge in [0.2, 0.25) is 5.91 Å². The maximum absolute atomic E-state index is 12.1. The molecule has 0 saturated carbocycles. The summed E-state index contributed by atoms with van der Waals surface area (Å²) < 4.78 is 1.07. The lowest BCUT2D eigenvalue weighted by molar-refractivity contribution is -0.113. The minimum Gasteiger partial charge on any atom is -0.325 e. The van der Waals surface area contributed by atoms with Crippen molar-refractivity contribution in [3.8, 4) is 11.1 Å². The second kappa shape index (κ2) is 8.88. The van der Waals surface area contributed by atoms with E-state index in [4.69, 9.17) is 0 Å². The number of rotatable bonds is 6. The molecular weight excluding hydrogens is 394 g/mol. The molecule has 0 aromatic heterocycles. The van der Waals surface area contributed by atoms with Crippen LogP contribution in [0.25, 0.3) is 11.1 Å². The lowest BCUT2D eigenvalue weighted by Gasteiger charge is -2.07. The van der Waals surface area contributed by atoms with E-state index >= 15 is 0 Å². The van der Waals surface area contributed by atoms with Crippen molar-refractivity contribution in [2.45, 2.75) is 5.75 Å². The minimum atomic E-state index is 0.0228. The van der Waals surface area contributed by atoms with Crippen molar-refractivity contribution in [3.05, 3.63) is 88.9 Å². The molecule has 0 aliphatic heterocycles. The highest BCUT2D eigenvalue weighted by atomic mass is 79.9. The molecule has 0 fully saturated rings. The van der Waals surface area contributed by atoms with E-state index in [1.54, 1.807) is 11.8 Å².